The number of anilines is 2. The highest BCUT2D eigenvalue weighted by Gasteiger charge is 2.49. The topological polar surface area (TPSA) is 174 Å². The van der Waals surface area contributed by atoms with E-state index < -0.39 is 22.6 Å². The van der Waals surface area contributed by atoms with E-state index in [2.05, 4.69) is 15.3 Å². The highest BCUT2D eigenvalue weighted by Crippen LogP contribution is 2.37. The first-order valence-electron chi connectivity index (χ1n) is 13.6. The van der Waals surface area contributed by atoms with Crippen LogP contribution in [0.3, 0.4) is 0 Å². The van der Waals surface area contributed by atoms with Crippen molar-refractivity contribution in [2.24, 2.45) is 5.92 Å². The molecule has 43 heavy (non-hydrogen) atoms. The molecule has 1 aromatic heterocycles. The summed E-state index contributed by atoms with van der Waals surface area (Å²) in [5.74, 6) is 1.54. The molecule has 1 fully saturated rings. The number of likely N-dealkylation sites (N-methyl/N-ethyl adjacent to an activating group) is 2. The van der Waals surface area contributed by atoms with E-state index in [1.807, 2.05) is 29.2 Å². The van der Waals surface area contributed by atoms with Crippen LogP contribution < -0.4 is 15.0 Å². The normalized spacial score (nSPS) is 15.8. The summed E-state index contributed by atoms with van der Waals surface area (Å²) in [6, 6.07) is 15.3. The molecule has 3 N–H and O–H groups in total. The van der Waals surface area contributed by atoms with Crippen LogP contribution in [0.5, 0.6) is 5.75 Å². The average Bonchev–Trinajstić information content (AvgIpc) is 3.51. The fourth-order valence-corrected chi connectivity index (χ4v) is 5.50. The van der Waals surface area contributed by atoms with E-state index in [4.69, 9.17) is 4.74 Å². The number of nitro groups is 1. The van der Waals surface area contributed by atoms with E-state index in [0.29, 0.717) is 43.4 Å². The van der Waals surface area contributed by atoms with E-state index in [9.17, 15) is 29.9 Å². The van der Waals surface area contributed by atoms with Gasteiger partial charge < -0.3 is 35.0 Å². The molecule has 228 valence electrons. The number of rotatable bonds is 12. The Labute approximate surface area is 248 Å². The van der Waals surface area contributed by atoms with Gasteiger partial charge in [0.2, 0.25) is 5.95 Å². The minimum Gasteiger partial charge on any atom is -0.497 e. The van der Waals surface area contributed by atoms with Gasteiger partial charge in [-0.1, -0.05) is 24.3 Å². The van der Waals surface area contributed by atoms with Crippen LogP contribution in [0, 0.1) is 16.0 Å². The maximum absolute atomic E-state index is 12.4. The summed E-state index contributed by atoms with van der Waals surface area (Å²) in [5, 5.41) is 34.3. The Morgan fingerprint density at radius 3 is 2.37 bits per heavy atom. The smallest absolute Gasteiger partial charge is 0.407 e. The molecule has 2 aromatic carbocycles. The fourth-order valence-electron chi connectivity index (χ4n) is 5.50. The van der Waals surface area contributed by atoms with Gasteiger partial charge in [0, 0.05) is 64.5 Å². The molecule has 1 aliphatic rings. The van der Waals surface area contributed by atoms with E-state index in [1.54, 1.807) is 31.5 Å². The third kappa shape index (κ3) is 7.20. The second-order valence-electron chi connectivity index (χ2n) is 10.6. The summed E-state index contributed by atoms with van der Waals surface area (Å²) in [6.45, 7) is 1.33. The lowest BCUT2D eigenvalue weighted by Crippen LogP contribution is -2.62. The second kappa shape index (κ2) is 13.2. The van der Waals surface area contributed by atoms with Crippen LogP contribution in [0.25, 0.3) is 0 Å². The van der Waals surface area contributed by atoms with Crippen molar-refractivity contribution in [3.63, 3.8) is 0 Å². The third-order valence-corrected chi connectivity index (χ3v) is 7.96. The molecule has 0 bridgehead atoms. The molecule has 1 unspecified atom stereocenters. The van der Waals surface area contributed by atoms with Crippen molar-refractivity contribution in [3.05, 3.63) is 82.0 Å². The summed E-state index contributed by atoms with van der Waals surface area (Å²) >= 11 is 0. The van der Waals surface area contributed by atoms with Crippen LogP contribution in [0.2, 0.25) is 0 Å². The maximum Gasteiger partial charge on any atom is 0.407 e. The average molecular weight is 594 g/mol. The number of ether oxygens (including phenoxy) is 1. The number of nitro benzene ring substituents is 1. The number of carbonyl (C=O) groups is 2. The number of nitrogens with one attached hydrogen (secondary N) is 1. The Balaban J connectivity index is 1.59. The summed E-state index contributed by atoms with van der Waals surface area (Å²) in [6.07, 6.45) is -0.0579. The SMILES string of the molecule is COc1ccc(CNc2ccnc(N3CC[C@@H](C(Cc4ccc([N+](=O)[O-])cc4)(CN(C)C(=O)O)N(C)C(=O)O)C3)n2)cc1. The Morgan fingerprint density at radius 1 is 1.09 bits per heavy atom. The minimum atomic E-state index is -1.21. The molecule has 3 aromatic rings. The van der Waals surface area contributed by atoms with Gasteiger partial charge in [-0.2, -0.15) is 4.98 Å². The highest BCUT2D eigenvalue weighted by atomic mass is 16.6. The Morgan fingerprint density at radius 2 is 1.77 bits per heavy atom. The van der Waals surface area contributed by atoms with Gasteiger partial charge in [0.15, 0.2) is 0 Å². The van der Waals surface area contributed by atoms with Gasteiger partial charge in [-0.05, 0) is 42.2 Å². The van der Waals surface area contributed by atoms with Crippen molar-refractivity contribution in [2.45, 2.75) is 24.9 Å². The van der Waals surface area contributed by atoms with Gasteiger partial charge in [-0.15, -0.1) is 0 Å². The molecule has 2 atom stereocenters. The molecule has 0 saturated carbocycles. The number of methoxy groups -OCH3 is 1. The highest BCUT2D eigenvalue weighted by molar-refractivity contribution is 5.67. The molecule has 1 saturated heterocycles. The fraction of sp³-hybridized carbons (Fsp3) is 0.379. The van der Waals surface area contributed by atoms with Crippen LogP contribution in [-0.4, -0.2) is 93.5 Å². The number of hydrogen-bond acceptors (Lipinski definition) is 9. The molecule has 1 aliphatic heterocycles. The quantitative estimate of drug-likeness (QED) is 0.204. The van der Waals surface area contributed by atoms with Gasteiger partial charge in [-0.25, -0.2) is 14.6 Å². The van der Waals surface area contributed by atoms with E-state index >= 15 is 0 Å². The van der Waals surface area contributed by atoms with Crippen molar-refractivity contribution in [1.29, 1.82) is 0 Å². The number of nitrogens with zero attached hydrogens (tertiary/aromatic N) is 6. The van der Waals surface area contributed by atoms with Crippen LogP contribution in [0.4, 0.5) is 27.0 Å². The molecular formula is C29H35N7O7. The van der Waals surface area contributed by atoms with Gasteiger partial charge in [0.05, 0.1) is 17.6 Å². The van der Waals surface area contributed by atoms with Crippen LogP contribution in [0.1, 0.15) is 17.5 Å². The molecule has 2 heterocycles. The van der Waals surface area contributed by atoms with Crippen molar-refractivity contribution in [3.8, 4) is 5.75 Å². The maximum atomic E-state index is 12.4. The number of benzene rings is 2. The lowest BCUT2D eigenvalue weighted by atomic mass is 9.76. The Kier molecular flexibility index (Phi) is 9.48. The van der Waals surface area contributed by atoms with E-state index in [-0.39, 0.29) is 24.6 Å². The summed E-state index contributed by atoms with van der Waals surface area (Å²) in [4.78, 5) is 48.4. The van der Waals surface area contributed by atoms with E-state index in [0.717, 1.165) is 16.2 Å². The standard InChI is InChI=1S/C29H35N7O7/c1-33(27(37)38)19-29(34(2)28(39)40,16-20-4-8-23(9-5-20)36(41)42)22-13-15-35(18-22)26-30-14-12-25(32-26)31-17-21-6-10-24(43-3)11-7-21/h4-12,14,22H,13,15-19H2,1-3H3,(H,37,38)(H,39,40)(H,30,31,32)/t22-,29?/m1/s1. The minimum absolute atomic E-state index is 0.0896. The zero-order chi connectivity index (χ0) is 31.1. The van der Waals surface area contributed by atoms with Gasteiger partial charge in [0.25, 0.3) is 5.69 Å². The predicted molar refractivity (Wildman–Crippen MR) is 159 cm³/mol. The number of aromatic nitrogens is 2. The van der Waals surface area contributed by atoms with Gasteiger partial charge in [-0.3, -0.25) is 10.1 Å². The van der Waals surface area contributed by atoms with Gasteiger partial charge >= 0.3 is 12.2 Å². The largest absolute Gasteiger partial charge is 0.497 e. The van der Waals surface area contributed by atoms with Crippen molar-refractivity contribution in [1.82, 2.24) is 19.8 Å². The van der Waals surface area contributed by atoms with Crippen LogP contribution >= 0.6 is 0 Å². The van der Waals surface area contributed by atoms with E-state index in [1.165, 1.54) is 31.1 Å². The monoisotopic (exact) mass is 593 g/mol. The lowest BCUT2D eigenvalue weighted by Gasteiger charge is -2.46. The second-order valence-corrected chi connectivity index (χ2v) is 10.6. The van der Waals surface area contributed by atoms with Gasteiger partial charge in [0.1, 0.15) is 11.6 Å². The molecule has 0 spiro atoms. The molecular weight excluding hydrogens is 558 g/mol. The molecule has 0 aliphatic carbocycles. The molecule has 0 radical (unpaired) electrons. The summed E-state index contributed by atoms with van der Waals surface area (Å²) in [5.41, 5.74) is 0.413. The first-order chi connectivity index (χ1) is 20.5. The Hall–Kier alpha value is -5.14. The lowest BCUT2D eigenvalue weighted by molar-refractivity contribution is -0.384. The zero-order valence-corrected chi connectivity index (χ0v) is 24.2. The number of hydrogen-bond donors (Lipinski definition) is 3. The molecule has 2 amide bonds. The first kappa shape index (κ1) is 30.8. The van der Waals surface area contributed by atoms with Crippen molar-refractivity contribution in [2.75, 3.05) is 51.1 Å². The number of amides is 2. The molecule has 4 rings (SSSR count). The first-order valence-corrected chi connectivity index (χ1v) is 13.6. The molecule has 14 nitrogen and oxygen atoms in total. The van der Waals surface area contributed by atoms with Crippen LogP contribution in [-0.2, 0) is 13.0 Å². The van der Waals surface area contributed by atoms with Crippen molar-refractivity contribution < 1.29 is 29.5 Å². The molecule has 14 heteroatoms. The summed E-state index contributed by atoms with van der Waals surface area (Å²) in [7, 11) is 4.45. The number of carboxylic acid groups (broad SMARTS) is 2. The third-order valence-electron chi connectivity index (χ3n) is 7.96. The number of non-ortho nitro benzene ring substituents is 1. The Bertz CT molecular complexity index is 1440. The van der Waals surface area contributed by atoms with Crippen LogP contribution in [0.15, 0.2) is 60.8 Å². The predicted octanol–water partition coefficient (Wildman–Crippen LogP) is 4.03. The summed E-state index contributed by atoms with van der Waals surface area (Å²) < 4.78 is 5.21. The zero-order valence-electron chi connectivity index (χ0n) is 24.2. The van der Waals surface area contributed by atoms with Crippen molar-refractivity contribution >= 4 is 29.6 Å².